The Morgan fingerprint density at radius 1 is 0.500 bits per heavy atom. The van der Waals surface area contributed by atoms with Crippen LogP contribution in [0.3, 0.4) is 0 Å². The van der Waals surface area contributed by atoms with Crippen molar-refractivity contribution in [3.63, 3.8) is 0 Å². The monoisotopic (exact) mass is 576 g/mol. The van der Waals surface area contributed by atoms with Gasteiger partial charge in [-0.3, -0.25) is 0 Å². The minimum Gasteiger partial charge on any atom is -0.496 e. The van der Waals surface area contributed by atoms with Gasteiger partial charge in [0, 0.05) is 46.5 Å². The zero-order valence-electron chi connectivity index (χ0n) is 24.1. The number of methoxy groups -OCH3 is 4. The van der Waals surface area contributed by atoms with Crippen LogP contribution in [0.1, 0.15) is 22.3 Å². The standard InChI is InChI=1S/C32H34O6P2/c1-19-11-9-12-20(2)31(19)39(33)27-17-23(35-5)15-25(37-7)29(27)30-26(38-8)16-24(36-6)18-28(30)40(34)32-21(3)13-10-14-22(32)4/h9-18H,1-8H3/q+2. The third-order valence-electron chi connectivity index (χ3n) is 6.99. The number of hydrogen-bond donors (Lipinski definition) is 0. The summed E-state index contributed by atoms with van der Waals surface area (Å²) in [5.41, 5.74) is 4.73. The first-order valence-corrected chi connectivity index (χ1v) is 15.3. The summed E-state index contributed by atoms with van der Waals surface area (Å²) in [7, 11) is 1.98. The van der Waals surface area contributed by atoms with E-state index in [1.54, 1.807) is 52.7 Å². The van der Waals surface area contributed by atoms with Gasteiger partial charge in [0.2, 0.25) is 21.2 Å². The van der Waals surface area contributed by atoms with Crippen LogP contribution in [0.15, 0.2) is 60.7 Å². The lowest BCUT2D eigenvalue weighted by Crippen LogP contribution is -2.20. The molecular weight excluding hydrogens is 542 g/mol. The predicted octanol–water partition coefficient (Wildman–Crippen LogP) is 6.18. The maximum Gasteiger partial charge on any atom is 0.416 e. The molecule has 206 valence electrons. The molecular formula is C32H34O6P2+2. The highest BCUT2D eigenvalue weighted by atomic mass is 31.1. The lowest BCUT2D eigenvalue weighted by molar-refractivity contribution is 0.392. The number of rotatable bonds is 9. The Morgan fingerprint density at radius 2 is 0.825 bits per heavy atom. The van der Waals surface area contributed by atoms with E-state index in [0.717, 1.165) is 32.9 Å². The molecule has 2 unspecified atom stereocenters. The van der Waals surface area contributed by atoms with Crippen molar-refractivity contribution in [3.05, 3.63) is 82.9 Å². The molecule has 4 aromatic rings. The predicted molar refractivity (Wildman–Crippen MR) is 164 cm³/mol. The lowest BCUT2D eigenvalue weighted by atomic mass is 10.0. The van der Waals surface area contributed by atoms with Gasteiger partial charge in [0.1, 0.15) is 23.0 Å². The average Bonchev–Trinajstić information content (AvgIpc) is 2.95. The van der Waals surface area contributed by atoms with Gasteiger partial charge in [-0.1, -0.05) is 45.5 Å². The lowest BCUT2D eigenvalue weighted by Gasteiger charge is -2.16. The Labute approximate surface area is 237 Å². The van der Waals surface area contributed by atoms with Crippen molar-refractivity contribution in [1.29, 1.82) is 0 Å². The van der Waals surface area contributed by atoms with Gasteiger partial charge in [-0.25, -0.2) is 0 Å². The van der Waals surface area contributed by atoms with Crippen LogP contribution < -0.4 is 40.2 Å². The molecule has 4 aromatic carbocycles. The minimum absolute atomic E-state index is 0.429. The van der Waals surface area contributed by atoms with Crippen molar-refractivity contribution < 1.29 is 28.1 Å². The quantitative estimate of drug-likeness (QED) is 0.222. The van der Waals surface area contributed by atoms with E-state index in [1.807, 2.05) is 64.1 Å². The van der Waals surface area contributed by atoms with Crippen molar-refractivity contribution in [2.24, 2.45) is 0 Å². The number of hydrogen-bond acceptors (Lipinski definition) is 6. The summed E-state index contributed by atoms with van der Waals surface area (Å²) in [4.78, 5) is 0. The molecule has 0 aromatic heterocycles. The van der Waals surface area contributed by atoms with Gasteiger partial charge in [0.25, 0.3) is 0 Å². The summed E-state index contributed by atoms with van der Waals surface area (Å²) >= 11 is 0. The summed E-state index contributed by atoms with van der Waals surface area (Å²) in [6.07, 6.45) is 0. The second kappa shape index (κ2) is 12.2. The van der Waals surface area contributed by atoms with Crippen molar-refractivity contribution in [2.75, 3.05) is 28.4 Å². The van der Waals surface area contributed by atoms with Gasteiger partial charge in [-0.2, -0.15) is 0 Å². The molecule has 0 aliphatic rings. The van der Waals surface area contributed by atoms with E-state index in [1.165, 1.54) is 0 Å². The van der Waals surface area contributed by atoms with Crippen LogP contribution in [0.5, 0.6) is 23.0 Å². The molecule has 4 rings (SSSR count). The number of aryl methyl sites for hydroxylation is 4. The molecule has 0 radical (unpaired) electrons. The van der Waals surface area contributed by atoms with Crippen LogP contribution in [0.2, 0.25) is 0 Å². The Hall–Kier alpha value is -3.72. The Morgan fingerprint density at radius 3 is 1.10 bits per heavy atom. The number of benzene rings is 4. The zero-order valence-corrected chi connectivity index (χ0v) is 25.9. The molecule has 0 saturated carbocycles. The molecule has 40 heavy (non-hydrogen) atoms. The van der Waals surface area contributed by atoms with Gasteiger partial charge >= 0.3 is 15.6 Å². The van der Waals surface area contributed by atoms with E-state index >= 15 is 0 Å². The van der Waals surface area contributed by atoms with E-state index in [9.17, 15) is 9.13 Å². The van der Waals surface area contributed by atoms with Crippen LogP contribution in [0.4, 0.5) is 0 Å². The van der Waals surface area contributed by atoms with E-state index in [0.29, 0.717) is 44.7 Å². The van der Waals surface area contributed by atoms with Crippen LogP contribution >= 0.6 is 15.6 Å². The van der Waals surface area contributed by atoms with Crippen molar-refractivity contribution in [3.8, 4) is 34.1 Å². The SMILES string of the molecule is COc1cc(OC)c(-c2c(OC)cc(OC)cc2[P+](=O)c2c(C)cccc2C)c([P+](=O)c2c(C)cccc2C)c1. The molecule has 2 atom stereocenters. The summed E-state index contributed by atoms with van der Waals surface area (Å²) in [5, 5.41) is 2.47. The highest BCUT2D eigenvalue weighted by Crippen LogP contribution is 2.45. The summed E-state index contributed by atoms with van der Waals surface area (Å²) in [6, 6.07) is 18.7. The highest BCUT2D eigenvalue weighted by Gasteiger charge is 2.41. The van der Waals surface area contributed by atoms with Gasteiger partial charge in [0.15, 0.2) is 0 Å². The molecule has 8 heteroatoms. The van der Waals surface area contributed by atoms with Crippen LogP contribution in [0, 0.1) is 27.7 Å². The normalized spacial score (nSPS) is 11.6. The average molecular weight is 577 g/mol. The van der Waals surface area contributed by atoms with Gasteiger partial charge in [-0.05, 0) is 27.7 Å². The summed E-state index contributed by atoms with van der Waals surface area (Å²) in [6.45, 7) is 7.79. The molecule has 0 fully saturated rings. The zero-order chi connectivity index (χ0) is 29.1. The van der Waals surface area contributed by atoms with E-state index < -0.39 is 15.6 Å². The molecule has 0 spiro atoms. The third kappa shape index (κ3) is 5.35. The first-order valence-electron chi connectivity index (χ1n) is 12.8. The molecule has 0 aliphatic carbocycles. The fraction of sp³-hybridized carbons (Fsp3) is 0.250. The molecule has 0 heterocycles. The van der Waals surface area contributed by atoms with Gasteiger partial charge < -0.3 is 18.9 Å². The van der Waals surface area contributed by atoms with Crippen molar-refractivity contribution >= 4 is 36.8 Å². The molecule has 0 N–H and O–H groups in total. The molecule has 6 nitrogen and oxygen atoms in total. The Bertz CT molecular complexity index is 1470. The van der Waals surface area contributed by atoms with Crippen molar-refractivity contribution in [1.82, 2.24) is 0 Å². The third-order valence-corrected chi connectivity index (χ3v) is 10.8. The minimum atomic E-state index is -2.12. The van der Waals surface area contributed by atoms with E-state index in [-0.39, 0.29) is 0 Å². The van der Waals surface area contributed by atoms with Gasteiger partial charge in [-0.15, -0.1) is 0 Å². The van der Waals surface area contributed by atoms with Crippen LogP contribution in [-0.2, 0) is 9.13 Å². The maximum absolute atomic E-state index is 14.5. The second-order valence-corrected chi connectivity index (χ2v) is 12.6. The summed E-state index contributed by atoms with van der Waals surface area (Å²) in [5.74, 6) is 1.86. The Balaban J connectivity index is 2.15. The van der Waals surface area contributed by atoms with Gasteiger partial charge in [0.05, 0.1) is 39.6 Å². The molecule has 0 bridgehead atoms. The van der Waals surface area contributed by atoms with Crippen LogP contribution in [-0.4, -0.2) is 28.4 Å². The van der Waals surface area contributed by atoms with Crippen LogP contribution in [0.25, 0.3) is 11.1 Å². The first-order chi connectivity index (χ1) is 19.2. The first kappa shape index (κ1) is 29.3. The highest BCUT2D eigenvalue weighted by molar-refractivity contribution is 7.63. The van der Waals surface area contributed by atoms with Crippen molar-refractivity contribution in [2.45, 2.75) is 27.7 Å². The molecule has 0 amide bonds. The second-order valence-electron chi connectivity index (χ2n) is 9.52. The number of ether oxygens (including phenoxy) is 4. The smallest absolute Gasteiger partial charge is 0.416 e. The molecule has 0 aliphatic heterocycles. The molecule has 0 saturated heterocycles. The largest absolute Gasteiger partial charge is 0.496 e. The fourth-order valence-corrected chi connectivity index (χ4v) is 8.43. The summed E-state index contributed by atoms with van der Waals surface area (Å²) < 4.78 is 51.9. The topological polar surface area (TPSA) is 71.1 Å². The van der Waals surface area contributed by atoms with E-state index in [2.05, 4.69) is 0 Å². The fourth-order valence-electron chi connectivity index (χ4n) is 5.03. The maximum atomic E-state index is 14.5. The Kier molecular flexibility index (Phi) is 8.93. The van der Waals surface area contributed by atoms with E-state index in [4.69, 9.17) is 18.9 Å².